The zero-order chi connectivity index (χ0) is 14.7. The van der Waals surface area contributed by atoms with Gasteiger partial charge in [-0.1, -0.05) is 0 Å². The van der Waals surface area contributed by atoms with Crippen molar-refractivity contribution in [3.63, 3.8) is 0 Å². The summed E-state index contributed by atoms with van der Waals surface area (Å²) in [5.74, 6) is -0.0231. The molecule has 0 fully saturated rings. The number of anilines is 1. The first-order chi connectivity index (χ1) is 9.47. The molecule has 0 aliphatic carbocycles. The summed E-state index contributed by atoms with van der Waals surface area (Å²) in [5.41, 5.74) is 3.79. The van der Waals surface area contributed by atoms with Crippen LogP contribution in [0.15, 0.2) is 23.1 Å². The van der Waals surface area contributed by atoms with Gasteiger partial charge in [0.2, 0.25) is 5.91 Å². The highest BCUT2D eigenvalue weighted by Gasteiger charge is 2.10. The third-order valence-electron chi connectivity index (χ3n) is 3.11. The van der Waals surface area contributed by atoms with Gasteiger partial charge in [-0.2, -0.15) is 5.10 Å². The Bertz CT molecular complexity index is 616. The van der Waals surface area contributed by atoms with E-state index in [-0.39, 0.29) is 5.91 Å². The molecule has 0 aliphatic rings. The molecule has 2 heterocycles. The maximum Gasteiger partial charge on any atom is 0.224 e. The van der Waals surface area contributed by atoms with Gasteiger partial charge in [-0.25, -0.2) is 4.98 Å². The van der Waals surface area contributed by atoms with Crippen molar-refractivity contribution in [2.24, 2.45) is 7.05 Å². The van der Waals surface area contributed by atoms with E-state index < -0.39 is 0 Å². The first kappa shape index (κ1) is 14.7. The molecule has 5 nitrogen and oxygen atoms in total. The Kier molecular flexibility index (Phi) is 4.54. The number of rotatable bonds is 4. The molecule has 2 aromatic rings. The number of nitrogens with zero attached hydrogens (tertiary/aromatic N) is 3. The third-order valence-corrected chi connectivity index (χ3v) is 3.72. The Labute approximate surface area is 126 Å². The highest BCUT2D eigenvalue weighted by atomic mass is 79.9. The number of aryl methyl sites for hydroxylation is 4. The SMILES string of the molecule is Cc1ccnc(Br)c1NC(=O)CCc1cn(C)nc1C. The number of pyridine rings is 1. The quantitative estimate of drug-likeness (QED) is 0.873. The normalized spacial score (nSPS) is 10.6. The van der Waals surface area contributed by atoms with Gasteiger partial charge in [-0.05, 0) is 53.4 Å². The number of nitrogens with one attached hydrogen (secondary N) is 1. The van der Waals surface area contributed by atoms with Crippen LogP contribution in [0.2, 0.25) is 0 Å². The smallest absolute Gasteiger partial charge is 0.224 e. The summed E-state index contributed by atoms with van der Waals surface area (Å²) in [6.07, 6.45) is 4.76. The molecule has 6 heteroatoms. The van der Waals surface area contributed by atoms with Crippen LogP contribution in [0.25, 0.3) is 0 Å². The topological polar surface area (TPSA) is 59.8 Å². The standard InChI is InChI=1S/C14H17BrN4O/c1-9-6-7-16-14(15)13(9)17-12(20)5-4-11-8-19(3)18-10(11)2/h6-8H,4-5H2,1-3H3,(H,17,20). The van der Waals surface area contributed by atoms with Crippen molar-refractivity contribution in [1.29, 1.82) is 0 Å². The lowest BCUT2D eigenvalue weighted by Crippen LogP contribution is -2.14. The fourth-order valence-corrected chi connectivity index (χ4v) is 2.55. The van der Waals surface area contributed by atoms with E-state index in [9.17, 15) is 4.79 Å². The fraction of sp³-hybridized carbons (Fsp3) is 0.357. The molecule has 0 aromatic carbocycles. The van der Waals surface area contributed by atoms with Gasteiger partial charge in [-0.15, -0.1) is 0 Å². The monoisotopic (exact) mass is 336 g/mol. The first-order valence-corrected chi connectivity index (χ1v) is 7.16. The van der Waals surface area contributed by atoms with Crippen molar-refractivity contribution in [3.8, 4) is 0 Å². The molecule has 0 radical (unpaired) electrons. The first-order valence-electron chi connectivity index (χ1n) is 6.37. The molecule has 0 saturated heterocycles. The second-order valence-corrected chi connectivity index (χ2v) is 5.51. The number of carbonyl (C=O) groups is 1. The van der Waals surface area contributed by atoms with E-state index in [1.165, 1.54) is 0 Å². The molecule has 0 unspecified atom stereocenters. The zero-order valence-corrected chi connectivity index (χ0v) is 13.4. The summed E-state index contributed by atoms with van der Waals surface area (Å²) >= 11 is 3.35. The Morgan fingerprint density at radius 3 is 2.80 bits per heavy atom. The number of hydrogen-bond acceptors (Lipinski definition) is 3. The second kappa shape index (κ2) is 6.17. The van der Waals surface area contributed by atoms with Gasteiger partial charge in [0.05, 0.1) is 11.4 Å². The Balaban J connectivity index is 1.98. The van der Waals surface area contributed by atoms with Crippen LogP contribution in [0.1, 0.15) is 23.2 Å². The fourth-order valence-electron chi connectivity index (χ4n) is 2.02. The minimum absolute atomic E-state index is 0.0231. The van der Waals surface area contributed by atoms with Crippen LogP contribution in [0.3, 0.4) is 0 Å². The van der Waals surface area contributed by atoms with E-state index in [0.29, 0.717) is 17.4 Å². The van der Waals surface area contributed by atoms with E-state index in [1.54, 1.807) is 10.9 Å². The largest absolute Gasteiger partial charge is 0.324 e. The summed E-state index contributed by atoms with van der Waals surface area (Å²) in [4.78, 5) is 16.1. The van der Waals surface area contributed by atoms with Gasteiger partial charge in [0.15, 0.2) is 0 Å². The lowest BCUT2D eigenvalue weighted by atomic mass is 10.1. The van der Waals surface area contributed by atoms with Crippen molar-refractivity contribution in [3.05, 3.63) is 39.9 Å². The van der Waals surface area contributed by atoms with Gasteiger partial charge in [0.1, 0.15) is 4.60 Å². The summed E-state index contributed by atoms with van der Waals surface area (Å²) in [6.45, 7) is 3.89. The molecule has 1 amide bonds. The number of amides is 1. The van der Waals surface area contributed by atoms with E-state index in [4.69, 9.17) is 0 Å². The molecule has 2 aromatic heterocycles. The summed E-state index contributed by atoms with van der Waals surface area (Å²) < 4.78 is 2.42. The van der Waals surface area contributed by atoms with Crippen LogP contribution in [-0.2, 0) is 18.3 Å². The second-order valence-electron chi connectivity index (χ2n) is 4.76. The predicted octanol–water partition coefficient (Wildman–Crippen LogP) is 2.77. The number of halogens is 1. The Morgan fingerprint density at radius 1 is 1.45 bits per heavy atom. The van der Waals surface area contributed by atoms with Crippen LogP contribution >= 0.6 is 15.9 Å². The molecule has 0 saturated carbocycles. The minimum atomic E-state index is -0.0231. The van der Waals surface area contributed by atoms with Crippen molar-refractivity contribution < 1.29 is 4.79 Å². The molecular weight excluding hydrogens is 320 g/mol. The van der Waals surface area contributed by atoms with Crippen LogP contribution < -0.4 is 5.32 Å². The average Bonchev–Trinajstić information content (AvgIpc) is 2.70. The molecule has 0 aliphatic heterocycles. The van der Waals surface area contributed by atoms with Crippen molar-refractivity contribution in [1.82, 2.24) is 14.8 Å². The summed E-state index contributed by atoms with van der Waals surface area (Å²) in [5, 5.41) is 7.17. The van der Waals surface area contributed by atoms with Gasteiger partial charge in [0.25, 0.3) is 0 Å². The van der Waals surface area contributed by atoms with Gasteiger partial charge >= 0.3 is 0 Å². The molecule has 0 bridgehead atoms. The molecule has 0 atom stereocenters. The highest BCUT2D eigenvalue weighted by molar-refractivity contribution is 9.10. The molecule has 0 spiro atoms. The number of carbonyl (C=O) groups excluding carboxylic acids is 1. The van der Waals surface area contributed by atoms with Gasteiger partial charge in [-0.3, -0.25) is 9.48 Å². The zero-order valence-electron chi connectivity index (χ0n) is 11.8. The van der Waals surface area contributed by atoms with Crippen LogP contribution in [0.5, 0.6) is 0 Å². The van der Waals surface area contributed by atoms with E-state index >= 15 is 0 Å². The Hall–Kier alpha value is -1.69. The van der Waals surface area contributed by atoms with Crippen molar-refractivity contribution >= 4 is 27.5 Å². The molecule has 106 valence electrons. The predicted molar refractivity (Wildman–Crippen MR) is 81.6 cm³/mol. The van der Waals surface area contributed by atoms with Gasteiger partial charge in [0, 0.05) is 25.9 Å². The maximum absolute atomic E-state index is 12.0. The molecule has 1 N–H and O–H groups in total. The average molecular weight is 337 g/mol. The van der Waals surface area contributed by atoms with Crippen LogP contribution in [0, 0.1) is 13.8 Å². The molecule has 20 heavy (non-hydrogen) atoms. The minimum Gasteiger partial charge on any atom is -0.324 e. The maximum atomic E-state index is 12.0. The van der Waals surface area contributed by atoms with Crippen molar-refractivity contribution in [2.75, 3.05) is 5.32 Å². The third kappa shape index (κ3) is 3.45. The van der Waals surface area contributed by atoms with E-state index in [1.807, 2.05) is 33.2 Å². The van der Waals surface area contributed by atoms with Crippen LogP contribution in [-0.4, -0.2) is 20.7 Å². The molecular formula is C14H17BrN4O. The number of aromatic nitrogens is 3. The number of hydrogen-bond donors (Lipinski definition) is 1. The molecule has 2 rings (SSSR count). The Morgan fingerprint density at radius 2 is 2.20 bits per heavy atom. The highest BCUT2D eigenvalue weighted by Crippen LogP contribution is 2.23. The van der Waals surface area contributed by atoms with E-state index in [0.717, 1.165) is 22.5 Å². The lowest BCUT2D eigenvalue weighted by molar-refractivity contribution is -0.116. The summed E-state index contributed by atoms with van der Waals surface area (Å²) in [6, 6.07) is 1.87. The van der Waals surface area contributed by atoms with Crippen molar-refractivity contribution in [2.45, 2.75) is 26.7 Å². The van der Waals surface area contributed by atoms with Crippen LogP contribution in [0.4, 0.5) is 5.69 Å². The van der Waals surface area contributed by atoms with Gasteiger partial charge < -0.3 is 5.32 Å². The summed E-state index contributed by atoms with van der Waals surface area (Å²) in [7, 11) is 1.88. The van der Waals surface area contributed by atoms with E-state index in [2.05, 4.69) is 31.3 Å². The lowest BCUT2D eigenvalue weighted by Gasteiger charge is -2.09.